The second kappa shape index (κ2) is 12.7. The molecule has 5 rings (SSSR count). The standard InChI is InChI=1S/C35H40N2O3/c1-39-31-12-9-26(10-13-31)8-11-30-23-35(16-4-7-29-22-32(40-2)14-15-33(29)34(30)38)17-19-37(20-18-35)25-28-6-3-5-27(21-28)24-36/h3,5-6,9-10,12-15,21-22,30H,4,7-8,11,16-20,23,25H2,1-2H3. The third kappa shape index (κ3) is 6.57. The van der Waals surface area contributed by atoms with Crippen molar-refractivity contribution in [3.8, 4) is 17.6 Å². The Kier molecular flexibility index (Phi) is 8.87. The topological polar surface area (TPSA) is 62.6 Å². The van der Waals surface area contributed by atoms with Crippen molar-refractivity contribution in [3.05, 3.63) is 94.5 Å². The molecule has 1 spiro atoms. The Bertz CT molecular complexity index is 1350. The predicted molar refractivity (Wildman–Crippen MR) is 158 cm³/mol. The first kappa shape index (κ1) is 27.9. The molecule has 1 atom stereocenters. The van der Waals surface area contributed by atoms with E-state index >= 15 is 0 Å². The van der Waals surface area contributed by atoms with Gasteiger partial charge in [0, 0.05) is 18.0 Å². The molecule has 1 unspecified atom stereocenters. The van der Waals surface area contributed by atoms with Crippen LogP contribution in [0.2, 0.25) is 0 Å². The van der Waals surface area contributed by atoms with Crippen LogP contribution < -0.4 is 9.47 Å². The average Bonchev–Trinajstić information content (AvgIpc) is 3.05. The zero-order chi connectivity index (χ0) is 28.0. The predicted octanol–water partition coefficient (Wildman–Crippen LogP) is 7.02. The molecule has 1 heterocycles. The van der Waals surface area contributed by atoms with Gasteiger partial charge in [0.1, 0.15) is 11.5 Å². The van der Waals surface area contributed by atoms with Crippen LogP contribution >= 0.6 is 0 Å². The molecule has 0 amide bonds. The van der Waals surface area contributed by atoms with Crippen LogP contribution in [-0.4, -0.2) is 38.0 Å². The van der Waals surface area contributed by atoms with Gasteiger partial charge in [0.2, 0.25) is 0 Å². The first-order chi connectivity index (χ1) is 19.5. The van der Waals surface area contributed by atoms with Crippen molar-refractivity contribution in [2.75, 3.05) is 27.3 Å². The Hall–Kier alpha value is -3.62. The zero-order valence-corrected chi connectivity index (χ0v) is 23.8. The number of nitrogens with zero attached hydrogens (tertiary/aromatic N) is 2. The lowest BCUT2D eigenvalue weighted by Crippen LogP contribution is -2.41. The number of ketones is 1. The lowest BCUT2D eigenvalue weighted by atomic mass is 9.67. The molecular formula is C35H40N2O3. The van der Waals surface area contributed by atoms with E-state index in [1.165, 1.54) is 11.1 Å². The Balaban J connectivity index is 1.34. The summed E-state index contributed by atoms with van der Waals surface area (Å²) in [4.78, 5) is 16.7. The summed E-state index contributed by atoms with van der Waals surface area (Å²) in [5, 5.41) is 9.28. The maximum atomic E-state index is 14.2. The second-order valence-corrected chi connectivity index (χ2v) is 11.6. The summed E-state index contributed by atoms with van der Waals surface area (Å²) in [6.45, 7) is 2.92. The van der Waals surface area contributed by atoms with Crippen LogP contribution in [0.25, 0.3) is 0 Å². The van der Waals surface area contributed by atoms with E-state index < -0.39 is 0 Å². The van der Waals surface area contributed by atoms with Crippen molar-refractivity contribution in [1.82, 2.24) is 4.90 Å². The molecule has 0 saturated carbocycles. The number of methoxy groups -OCH3 is 2. The van der Waals surface area contributed by atoms with E-state index in [1.54, 1.807) is 14.2 Å². The van der Waals surface area contributed by atoms with Crippen molar-refractivity contribution in [1.29, 1.82) is 5.26 Å². The molecule has 1 aliphatic heterocycles. The maximum Gasteiger partial charge on any atom is 0.166 e. The fourth-order valence-corrected chi connectivity index (χ4v) is 6.74. The van der Waals surface area contributed by atoms with Gasteiger partial charge in [-0.3, -0.25) is 9.69 Å². The summed E-state index contributed by atoms with van der Waals surface area (Å²) >= 11 is 0. The van der Waals surface area contributed by atoms with E-state index in [1.807, 2.05) is 42.5 Å². The maximum absolute atomic E-state index is 14.2. The number of fused-ring (bicyclic) bond motifs is 1. The molecule has 208 valence electrons. The molecule has 3 aromatic carbocycles. The van der Waals surface area contributed by atoms with Crippen molar-refractivity contribution in [2.24, 2.45) is 11.3 Å². The summed E-state index contributed by atoms with van der Waals surface area (Å²) in [6.07, 6.45) is 8.04. The van der Waals surface area contributed by atoms with Gasteiger partial charge in [-0.25, -0.2) is 0 Å². The van der Waals surface area contributed by atoms with Crippen molar-refractivity contribution >= 4 is 5.78 Å². The smallest absolute Gasteiger partial charge is 0.166 e. The number of carbonyl (C=O) groups excluding carboxylic acids is 1. The van der Waals surface area contributed by atoms with Crippen LogP contribution in [0, 0.1) is 22.7 Å². The van der Waals surface area contributed by atoms with Gasteiger partial charge in [0.05, 0.1) is 25.9 Å². The molecule has 1 saturated heterocycles. The van der Waals surface area contributed by atoms with Gasteiger partial charge in [-0.1, -0.05) is 24.3 Å². The average molecular weight is 537 g/mol. The van der Waals surface area contributed by atoms with E-state index in [-0.39, 0.29) is 11.3 Å². The highest BCUT2D eigenvalue weighted by Gasteiger charge is 2.39. The molecule has 0 aromatic heterocycles. The number of rotatable bonds is 7. The minimum atomic E-state index is -0.00814. The van der Waals surface area contributed by atoms with Gasteiger partial charge in [0.25, 0.3) is 0 Å². The van der Waals surface area contributed by atoms with E-state index in [4.69, 9.17) is 9.47 Å². The van der Waals surface area contributed by atoms with Gasteiger partial charge in [0.15, 0.2) is 5.78 Å². The number of Topliss-reactive ketones (excluding diaryl/α,β-unsaturated/α-hetero) is 1. The van der Waals surface area contributed by atoms with E-state index in [2.05, 4.69) is 35.2 Å². The SMILES string of the molecule is COc1ccc(CCC2CC3(CCCc4cc(OC)ccc4C2=O)CCN(Cc2cccc(C#N)c2)CC3)cc1. The molecule has 1 aliphatic carbocycles. The number of hydrogen-bond acceptors (Lipinski definition) is 5. The Labute approximate surface area is 238 Å². The fraction of sp³-hybridized carbons (Fsp3) is 0.429. The highest BCUT2D eigenvalue weighted by atomic mass is 16.5. The highest BCUT2D eigenvalue weighted by Crippen LogP contribution is 2.45. The summed E-state index contributed by atoms with van der Waals surface area (Å²) in [5.41, 5.74) is 5.35. The van der Waals surface area contributed by atoms with E-state index in [0.717, 1.165) is 99.2 Å². The van der Waals surface area contributed by atoms with Gasteiger partial charge >= 0.3 is 0 Å². The molecule has 0 N–H and O–H groups in total. The number of benzene rings is 3. The van der Waals surface area contributed by atoms with Crippen LogP contribution in [-0.2, 0) is 19.4 Å². The normalized spacial score (nSPS) is 19.1. The lowest BCUT2D eigenvalue weighted by Gasteiger charge is -2.43. The van der Waals surface area contributed by atoms with Crippen molar-refractivity contribution < 1.29 is 14.3 Å². The van der Waals surface area contributed by atoms with Gasteiger partial charge in [-0.2, -0.15) is 5.26 Å². The Morgan fingerprint density at radius 1 is 0.925 bits per heavy atom. The van der Waals surface area contributed by atoms with Crippen LogP contribution in [0.4, 0.5) is 0 Å². The first-order valence-electron chi connectivity index (χ1n) is 14.6. The summed E-state index contributed by atoms with van der Waals surface area (Å²) in [6, 6.07) is 24.5. The number of hydrogen-bond donors (Lipinski definition) is 0. The minimum Gasteiger partial charge on any atom is -0.497 e. The van der Waals surface area contributed by atoms with E-state index in [9.17, 15) is 10.1 Å². The molecule has 0 radical (unpaired) electrons. The molecule has 1 fully saturated rings. The second-order valence-electron chi connectivity index (χ2n) is 11.6. The molecule has 5 heteroatoms. The molecule has 3 aromatic rings. The molecular weight excluding hydrogens is 496 g/mol. The van der Waals surface area contributed by atoms with E-state index in [0.29, 0.717) is 5.78 Å². The largest absolute Gasteiger partial charge is 0.497 e. The molecule has 5 nitrogen and oxygen atoms in total. The fourth-order valence-electron chi connectivity index (χ4n) is 6.74. The van der Waals surface area contributed by atoms with Gasteiger partial charge in [-0.15, -0.1) is 0 Å². The number of aryl methyl sites for hydroxylation is 2. The van der Waals surface area contributed by atoms with Crippen LogP contribution in [0.5, 0.6) is 11.5 Å². The van der Waals surface area contributed by atoms with Crippen LogP contribution in [0.15, 0.2) is 66.7 Å². The molecule has 40 heavy (non-hydrogen) atoms. The third-order valence-electron chi connectivity index (χ3n) is 9.10. The Morgan fingerprint density at radius 3 is 2.40 bits per heavy atom. The number of nitriles is 1. The van der Waals surface area contributed by atoms with Gasteiger partial charge < -0.3 is 9.47 Å². The number of likely N-dealkylation sites (tertiary alicyclic amines) is 1. The highest BCUT2D eigenvalue weighted by molar-refractivity contribution is 5.99. The van der Waals surface area contributed by atoms with Crippen LogP contribution in [0.1, 0.15) is 71.1 Å². The summed E-state index contributed by atoms with van der Waals surface area (Å²) < 4.78 is 10.8. The number of ether oxygens (including phenoxy) is 2. The number of piperidine rings is 1. The third-order valence-corrected chi connectivity index (χ3v) is 9.10. The van der Waals surface area contributed by atoms with Gasteiger partial charge in [-0.05, 0) is 129 Å². The molecule has 2 aliphatic rings. The quantitative estimate of drug-likeness (QED) is 0.325. The zero-order valence-electron chi connectivity index (χ0n) is 23.8. The Morgan fingerprint density at radius 2 is 1.68 bits per heavy atom. The minimum absolute atomic E-state index is 0.00814. The number of carbonyl (C=O) groups is 1. The monoisotopic (exact) mass is 536 g/mol. The lowest BCUT2D eigenvalue weighted by molar-refractivity contribution is 0.0571. The summed E-state index contributed by atoms with van der Waals surface area (Å²) in [5.74, 6) is 1.97. The molecule has 0 bridgehead atoms. The van der Waals surface area contributed by atoms with Crippen molar-refractivity contribution in [2.45, 2.75) is 57.9 Å². The van der Waals surface area contributed by atoms with Crippen molar-refractivity contribution in [3.63, 3.8) is 0 Å². The van der Waals surface area contributed by atoms with Crippen LogP contribution in [0.3, 0.4) is 0 Å². The first-order valence-corrected chi connectivity index (χ1v) is 14.6. The summed E-state index contributed by atoms with van der Waals surface area (Å²) in [7, 11) is 3.38.